The lowest BCUT2D eigenvalue weighted by molar-refractivity contribution is 0.0697. The van der Waals surface area contributed by atoms with E-state index in [-0.39, 0.29) is 11.0 Å². The van der Waals surface area contributed by atoms with Crippen LogP contribution in [0.5, 0.6) is 0 Å². The van der Waals surface area contributed by atoms with Crippen molar-refractivity contribution in [2.24, 2.45) is 0 Å². The monoisotopic (exact) mass is 419 g/mol. The van der Waals surface area contributed by atoms with E-state index in [0.717, 1.165) is 28.6 Å². The molecular formula is C29H25NO2. The van der Waals surface area contributed by atoms with Crippen LogP contribution in [0.2, 0.25) is 0 Å². The number of hydrogen-bond acceptors (Lipinski definition) is 2. The van der Waals surface area contributed by atoms with Gasteiger partial charge in [-0.05, 0) is 71.4 Å². The van der Waals surface area contributed by atoms with Gasteiger partial charge in [0.15, 0.2) is 0 Å². The number of pyridine rings is 1. The molecule has 0 radical (unpaired) electrons. The van der Waals surface area contributed by atoms with E-state index in [2.05, 4.69) is 69.3 Å². The van der Waals surface area contributed by atoms with E-state index in [1.54, 1.807) is 18.2 Å². The largest absolute Gasteiger partial charge is 0.478 e. The second-order valence-electron chi connectivity index (χ2n) is 9.24. The molecule has 32 heavy (non-hydrogen) atoms. The molecule has 1 aromatic heterocycles. The molecule has 0 amide bonds. The summed E-state index contributed by atoms with van der Waals surface area (Å²) in [4.78, 5) is 16.1. The van der Waals surface area contributed by atoms with Crippen molar-refractivity contribution in [1.82, 2.24) is 4.98 Å². The molecule has 3 nitrogen and oxygen atoms in total. The molecule has 1 heterocycles. The van der Waals surface area contributed by atoms with E-state index in [4.69, 9.17) is 4.98 Å². The van der Waals surface area contributed by atoms with Crippen LogP contribution in [0.25, 0.3) is 27.7 Å². The topological polar surface area (TPSA) is 50.2 Å². The first-order valence-corrected chi connectivity index (χ1v) is 10.9. The highest BCUT2D eigenvalue weighted by atomic mass is 16.4. The predicted molar refractivity (Wildman–Crippen MR) is 130 cm³/mol. The van der Waals surface area contributed by atoms with Gasteiger partial charge in [0.2, 0.25) is 0 Å². The number of fused-ring (bicyclic) bond motifs is 2. The Labute approximate surface area is 188 Å². The number of allylic oxidation sites excluding steroid dienone is 1. The number of carboxylic acids is 1. The van der Waals surface area contributed by atoms with Crippen molar-refractivity contribution in [1.29, 1.82) is 0 Å². The van der Waals surface area contributed by atoms with Crippen LogP contribution >= 0.6 is 0 Å². The summed E-state index contributed by atoms with van der Waals surface area (Å²) in [7, 11) is 0. The van der Waals surface area contributed by atoms with Gasteiger partial charge >= 0.3 is 5.97 Å². The number of aromatic nitrogens is 1. The highest BCUT2D eigenvalue weighted by molar-refractivity contribution is 5.94. The first kappa shape index (κ1) is 20.2. The number of aromatic carboxylic acids is 1. The van der Waals surface area contributed by atoms with E-state index >= 15 is 0 Å². The Kier molecular flexibility index (Phi) is 4.70. The second kappa shape index (κ2) is 7.45. The van der Waals surface area contributed by atoms with Gasteiger partial charge in [-0.2, -0.15) is 0 Å². The molecule has 158 valence electrons. The molecule has 4 aromatic rings. The Morgan fingerprint density at radius 2 is 1.66 bits per heavy atom. The van der Waals surface area contributed by atoms with Gasteiger partial charge in [-0.1, -0.05) is 68.0 Å². The number of nitrogens with zero attached hydrogens (tertiary/aromatic N) is 1. The van der Waals surface area contributed by atoms with E-state index in [0.29, 0.717) is 0 Å². The molecule has 0 bridgehead atoms. The van der Waals surface area contributed by atoms with Crippen molar-refractivity contribution in [3.05, 3.63) is 107 Å². The Morgan fingerprint density at radius 1 is 0.906 bits per heavy atom. The van der Waals surface area contributed by atoms with Crippen molar-refractivity contribution in [3.63, 3.8) is 0 Å². The molecule has 0 atom stereocenters. The summed E-state index contributed by atoms with van der Waals surface area (Å²) < 4.78 is 0. The minimum atomic E-state index is -0.927. The second-order valence-corrected chi connectivity index (χ2v) is 9.24. The van der Waals surface area contributed by atoms with Crippen molar-refractivity contribution < 1.29 is 9.90 Å². The van der Waals surface area contributed by atoms with Crippen LogP contribution < -0.4 is 0 Å². The molecule has 5 rings (SSSR count). The lowest BCUT2D eigenvalue weighted by atomic mass is 9.71. The maximum Gasteiger partial charge on any atom is 0.335 e. The van der Waals surface area contributed by atoms with Crippen molar-refractivity contribution in [2.45, 2.75) is 32.6 Å². The molecule has 0 saturated carbocycles. The third kappa shape index (κ3) is 3.50. The van der Waals surface area contributed by atoms with Crippen LogP contribution in [0.1, 0.15) is 52.9 Å². The SMILES string of the molecule is Cc1ccc(C2=CCC(C)(C)c3ccc(-c4ccc5cc(C(=O)O)ccc5n4)cc32)cc1. The zero-order valence-electron chi connectivity index (χ0n) is 18.5. The van der Waals surface area contributed by atoms with Crippen LogP contribution in [-0.2, 0) is 5.41 Å². The number of carboxylic acid groups (broad SMARTS) is 1. The van der Waals surface area contributed by atoms with Gasteiger partial charge in [0.05, 0.1) is 16.8 Å². The molecule has 0 spiro atoms. The van der Waals surface area contributed by atoms with Gasteiger partial charge in [0.25, 0.3) is 0 Å². The normalized spacial score (nSPS) is 14.7. The molecule has 3 aromatic carbocycles. The van der Waals surface area contributed by atoms with Crippen molar-refractivity contribution in [3.8, 4) is 11.3 Å². The molecule has 1 aliphatic rings. The Hall–Kier alpha value is -3.72. The third-order valence-corrected chi connectivity index (χ3v) is 6.45. The molecule has 0 saturated heterocycles. The van der Waals surface area contributed by atoms with Crippen LogP contribution in [0.3, 0.4) is 0 Å². The fourth-order valence-electron chi connectivity index (χ4n) is 4.52. The van der Waals surface area contributed by atoms with Gasteiger partial charge in [-0.3, -0.25) is 0 Å². The van der Waals surface area contributed by atoms with Gasteiger partial charge in [-0.25, -0.2) is 9.78 Å². The summed E-state index contributed by atoms with van der Waals surface area (Å²) in [6.07, 6.45) is 3.36. The van der Waals surface area contributed by atoms with E-state index < -0.39 is 5.97 Å². The summed E-state index contributed by atoms with van der Waals surface area (Å²) >= 11 is 0. The molecule has 0 unspecified atom stereocenters. The average Bonchev–Trinajstić information content (AvgIpc) is 2.79. The lowest BCUT2D eigenvalue weighted by Gasteiger charge is -2.32. The van der Waals surface area contributed by atoms with E-state index in [9.17, 15) is 9.90 Å². The summed E-state index contributed by atoms with van der Waals surface area (Å²) in [5, 5.41) is 10.1. The highest BCUT2D eigenvalue weighted by Crippen LogP contribution is 2.42. The summed E-state index contributed by atoms with van der Waals surface area (Å²) in [5.74, 6) is -0.927. The van der Waals surface area contributed by atoms with Crippen molar-refractivity contribution in [2.75, 3.05) is 0 Å². The molecule has 0 fully saturated rings. The summed E-state index contributed by atoms with van der Waals surface area (Å²) in [6.45, 7) is 6.70. The number of carbonyl (C=O) groups is 1. The standard InChI is InChI=1S/C29H25NO2/c1-18-4-6-19(7-5-18)23-14-15-29(2,3)25-11-8-21(17-24(23)25)27-12-9-20-16-22(28(31)32)10-13-26(20)30-27/h4-14,16-17H,15H2,1-3H3,(H,31,32). The number of rotatable bonds is 3. The smallest absolute Gasteiger partial charge is 0.335 e. The molecule has 1 aliphatic carbocycles. The quantitative estimate of drug-likeness (QED) is 0.388. The van der Waals surface area contributed by atoms with Crippen LogP contribution in [0.4, 0.5) is 0 Å². The molecule has 1 N–H and O–H groups in total. The van der Waals surface area contributed by atoms with Gasteiger partial charge < -0.3 is 5.11 Å². The minimum absolute atomic E-state index is 0.0755. The predicted octanol–water partition coefficient (Wildman–Crippen LogP) is 7.02. The zero-order valence-corrected chi connectivity index (χ0v) is 18.5. The third-order valence-electron chi connectivity index (χ3n) is 6.45. The van der Waals surface area contributed by atoms with E-state index in [1.807, 2.05) is 12.1 Å². The molecule has 3 heteroatoms. The Bertz CT molecular complexity index is 1390. The van der Waals surface area contributed by atoms with Gasteiger partial charge in [-0.15, -0.1) is 0 Å². The maximum absolute atomic E-state index is 11.3. The van der Waals surface area contributed by atoms with Crippen LogP contribution in [0, 0.1) is 6.92 Å². The van der Waals surface area contributed by atoms with Gasteiger partial charge in [0, 0.05) is 10.9 Å². The van der Waals surface area contributed by atoms with Crippen molar-refractivity contribution >= 4 is 22.4 Å². The maximum atomic E-state index is 11.3. The first-order chi connectivity index (χ1) is 15.3. The zero-order chi connectivity index (χ0) is 22.5. The van der Waals surface area contributed by atoms with E-state index in [1.165, 1.54) is 27.8 Å². The fourth-order valence-corrected chi connectivity index (χ4v) is 4.52. The number of aryl methyl sites for hydroxylation is 1. The average molecular weight is 420 g/mol. The summed E-state index contributed by atoms with van der Waals surface area (Å²) in [6, 6.07) is 24.3. The Morgan fingerprint density at radius 3 is 2.41 bits per heavy atom. The number of hydrogen-bond donors (Lipinski definition) is 1. The van der Waals surface area contributed by atoms with Gasteiger partial charge in [0.1, 0.15) is 0 Å². The Balaban J connectivity index is 1.62. The van der Waals surface area contributed by atoms with Crippen LogP contribution in [0.15, 0.2) is 78.9 Å². The fraction of sp³-hybridized carbons (Fsp3) is 0.172. The minimum Gasteiger partial charge on any atom is -0.478 e. The van der Waals surface area contributed by atoms with Crippen LogP contribution in [-0.4, -0.2) is 16.1 Å². The molecular weight excluding hydrogens is 394 g/mol. The highest BCUT2D eigenvalue weighted by Gasteiger charge is 2.28. The first-order valence-electron chi connectivity index (χ1n) is 10.9. The summed E-state index contributed by atoms with van der Waals surface area (Å²) in [5.41, 5.74) is 9.45. The number of benzene rings is 3. The lowest BCUT2D eigenvalue weighted by Crippen LogP contribution is -2.21. The molecule has 0 aliphatic heterocycles.